The smallest absolute Gasteiger partial charge is 0.416 e. The number of carboxylic acid groups (broad SMARTS) is 1. The topological polar surface area (TPSA) is 40.5 Å². The maximum Gasteiger partial charge on any atom is 0.416 e. The van der Waals surface area contributed by atoms with Gasteiger partial charge in [0.2, 0.25) is 0 Å². The van der Waals surface area contributed by atoms with Crippen LogP contribution in [0.2, 0.25) is 0 Å². The zero-order chi connectivity index (χ0) is 16.0. The minimum atomic E-state index is -4.39. The van der Waals surface area contributed by atoms with E-state index in [0.717, 1.165) is 6.07 Å². The molecule has 1 heterocycles. The summed E-state index contributed by atoms with van der Waals surface area (Å²) in [6, 6.07) is 3.88. The van der Waals surface area contributed by atoms with Crippen molar-refractivity contribution < 1.29 is 23.1 Å². The van der Waals surface area contributed by atoms with Gasteiger partial charge in [-0.05, 0) is 44.4 Å². The van der Waals surface area contributed by atoms with Gasteiger partial charge in [-0.2, -0.15) is 13.2 Å². The van der Waals surface area contributed by atoms with Gasteiger partial charge in [0, 0.05) is 18.8 Å². The second kappa shape index (κ2) is 4.93. The molecule has 0 radical (unpaired) electrons. The first-order chi connectivity index (χ1) is 9.54. The van der Waals surface area contributed by atoms with Crippen LogP contribution in [-0.4, -0.2) is 24.2 Å². The standard InChI is InChI=1S/C15H18F3NO2/c1-14(2,13(20)21)8-9-7-10-11(15(16,17)18)5-4-6-12(10)19(9)3/h4-6,9H,7-8H2,1-3H3,(H,20,21). The average molecular weight is 301 g/mol. The van der Waals surface area contributed by atoms with Crippen molar-refractivity contribution in [2.24, 2.45) is 5.41 Å². The van der Waals surface area contributed by atoms with Gasteiger partial charge in [0.1, 0.15) is 0 Å². The number of likely N-dealkylation sites (N-methyl/N-ethyl adjacent to an activating group) is 1. The number of carbonyl (C=O) groups is 1. The van der Waals surface area contributed by atoms with Crippen molar-refractivity contribution >= 4 is 11.7 Å². The zero-order valence-corrected chi connectivity index (χ0v) is 12.2. The summed E-state index contributed by atoms with van der Waals surface area (Å²) in [5.41, 5.74) is -0.795. The number of hydrogen-bond donors (Lipinski definition) is 1. The molecular formula is C15H18F3NO2. The molecule has 116 valence electrons. The van der Waals surface area contributed by atoms with Crippen LogP contribution < -0.4 is 4.90 Å². The van der Waals surface area contributed by atoms with Gasteiger partial charge in [-0.15, -0.1) is 0 Å². The molecule has 3 nitrogen and oxygen atoms in total. The number of fused-ring (bicyclic) bond motifs is 1. The zero-order valence-electron chi connectivity index (χ0n) is 12.2. The number of rotatable bonds is 3. The molecule has 1 aliphatic rings. The number of nitrogens with zero attached hydrogens (tertiary/aromatic N) is 1. The summed E-state index contributed by atoms with van der Waals surface area (Å²) in [6.07, 6.45) is -3.87. The summed E-state index contributed by atoms with van der Waals surface area (Å²) >= 11 is 0. The van der Waals surface area contributed by atoms with E-state index in [1.807, 2.05) is 0 Å². The Morgan fingerprint density at radius 3 is 2.52 bits per heavy atom. The average Bonchev–Trinajstić information content (AvgIpc) is 2.64. The molecule has 21 heavy (non-hydrogen) atoms. The molecule has 6 heteroatoms. The highest BCUT2D eigenvalue weighted by molar-refractivity contribution is 5.74. The lowest BCUT2D eigenvalue weighted by molar-refractivity contribution is -0.147. The van der Waals surface area contributed by atoms with Crippen LogP contribution in [0.5, 0.6) is 0 Å². The largest absolute Gasteiger partial charge is 0.481 e. The highest BCUT2D eigenvalue weighted by Crippen LogP contribution is 2.43. The van der Waals surface area contributed by atoms with Gasteiger partial charge in [0.25, 0.3) is 0 Å². The number of benzene rings is 1. The van der Waals surface area contributed by atoms with Crippen LogP contribution in [0.25, 0.3) is 0 Å². The van der Waals surface area contributed by atoms with Gasteiger partial charge >= 0.3 is 12.1 Å². The van der Waals surface area contributed by atoms with Crippen LogP contribution >= 0.6 is 0 Å². The minimum absolute atomic E-state index is 0.220. The summed E-state index contributed by atoms with van der Waals surface area (Å²) in [6.45, 7) is 3.19. The van der Waals surface area contributed by atoms with Gasteiger partial charge in [-0.25, -0.2) is 0 Å². The third kappa shape index (κ3) is 2.84. The number of aliphatic carboxylic acids is 1. The van der Waals surface area contributed by atoms with Crippen molar-refractivity contribution in [1.82, 2.24) is 0 Å². The van der Waals surface area contributed by atoms with E-state index >= 15 is 0 Å². The van der Waals surface area contributed by atoms with Crippen LogP contribution in [0.1, 0.15) is 31.4 Å². The van der Waals surface area contributed by atoms with Gasteiger partial charge in [0.05, 0.1) is 11.0 Å². The lowest BCUT2D eigenvalue weighted by Crippen LogP contribution is -2.36. The highest BCUT2D eigenvalue weighted by atomic mass is 19.4. The van der Waals surface area contributed by atoms with Crippen LogP contribution in [0, 0.1) is 5.41 Å². The Morgan fingerprint density at radius 2 is 2.00 bits per heavy atom. The van der Waals surface area contributed by atoms with Crippen LogP contribution in [0.15, 0.2) is 18.2 Å². The first-order valence-corrected chi connectivity index (χ1v) is 6.69. The lowest BCUT2D eigenvalue weighted by atomic mass is 9.84. The Hall–Kier alpha value is -1.72. The van der Waals surface area contributed by atoms with E-state index in [-0.39, 0.29) is 18.0 Å². The summed E-state index contributed by atoms with van der Waals surface area (Å²) in [4.78, 5) is 13.0. The molecule has 1 N–H and O–H groups in total. The van der Waals surface area contributed by atoms with E-state index < -0.39 is 23.1 Å². The van der Waals surface area contributed by atoms with E-state index in [4.69, 9.17) is 0 Å². The van der Waals surface area contributed by atoms with Crippen molar-refractivity contribution in [1.29, 1.82) is 0 Å². The maximum atomic E-state index is 13.1. The fourth-order valence-electron chi connectivity index (χ4n) is 2.84. The minimum Gasteiger partial charge on any atom is -0.481 e. The summed E-state index contributed by atoms with van der Waals surface area (Å²) in [5.74, 6) is -0.942. The van der Waals surface area contributed by atoms with Crippen molar-refractivity contribution in [3.63, 3.8) is 0 Å². The SMILES string of the molecule is CN1c2cccc(C(F)(F)F)c2CC1CC(C)(C)C(=O)O. The van der Waals surface area contributed by atoms with Crippen LogP contribution in [0.3, 0.4) is 0 Å². The quantitative estimate of drug-likeness (QED) is 0.928. The molecule has 0 saturated carbocycles. The molecule has 0 aliphatic carbocycles. The molecule has 1 atom stereocenters. The summed E-state index contributed by atoms with van der Waals surface area (Å²) in [5, 5.41) is 9.19. The van der Waals surface area contributed by atoms with Crippen molar-refractivity contribution in [3.05, 3.63) is 29.3 Å². The monoisotopic (exact) mass is 301 g/mol. The number of alkyl halides is 3. The van der Waals surface area contributed by atoms with Crippen LogP contribution in [0.4, 0.5) is 18.9 Å². The Bertz CT molecular complexity index is 567. The molecule has 0 amide bonds. The summed E-state index contributed by atoms with van der Waals surface area (Å²) < 4.78 is 39.2. The maximum absolute atomic E-state index is 13.1. The first kappa shape index (κ1) is 15.7. The molecule has 0 aromatic heterocycles. The van der Waals surface area contributed by atoms with Gasteiger partial charge in [-0.3, -0.25) is 4.79 Å². The molecule has 0 fully saturated rings. The third-order valence-electron chi connectivity index (χ3n) is 4.15. The van der Waals surface area contributed by atoms with Crippen LogP contribution in [-0.2, 0) is 17.4 Å². The molecule has 0 saturated heterocycles. The Kier molecular flexibility index (Phi) is 3.68. The first-order valence-electron chi connectivity index (χ1n) is 6.69. The Balaban J connectivity index is 2.33. The van der Waals surface area contributed by atoms with Crippen molar-refractivity contribution in [3.8, 4) is 0 Å². The molecular weight excluding hydrogens is 283 g/mol. The fraction of sp³-hybridized carbons (Fsp3) is 0.533. The second-order valence-electron chi connectivity index (χ2n) is 6.16. The van der Waals surface area contributed by atoms with E-state index in [0.29, 0.717) is 12.1 Å². The Morgan fingerprint density at radius 1 is 1.38 bits per heavy atom. The van der Waals surface area contributed by atoms with Gasteiger partial charge in [0.15, 0.2) is 0 Å². The normalized spacial score (nSPS) is 18.8. The molecule has 1 aliphatic heterocycles. The molecule has 0 spiro atoms. The third-order valence-corrected chi connectivity index (χ3v) is 4.15. The molecule has 2 rings (SSSR count). The van der Waals surface area contributed by atoms with Gasteiger partial charge < -0.3 is 10.0 Å². The van der Waals surface area contributed by atoms with E-state index in [2.05, 4.69) is 0 Å². The number of carboxylic acids is 1. The summed E-state index contributed by atoms with van der Waals surface area (Å²) in [7, 11) is 1.72. The van der Waals surface area contributed by atoms with E-state index in [9.17, 15) is 23.1 Å². The van der Waals surface area contributed by atoms with E-state index in [1.165, 1.54) is 6.07 Å². The van der Waals surface area contributed by atoms with Gasteiger partial charge in [-0.1, -0.05) is 6.07 Å². The second-order valence-corrected chi connectivity index (χ2v) is 6.16. The number of halogens is 3. The molecule has 1 aromatic carbocycles. The number of anilines is 1. The van der Waals surface area contributed by atoms with Crippen molar-refractivity contribution in [2.45, 2.75) is 38.9 Å². The molecule has 1 unspecified atom stereocenters. The Labute approximate surface area is 121 Å². The molecule has 1 aromatic rings. The van der Waals surface area contributed by atoms with E-state index in [1.54, 1.807) is 31.9 Å². The van der Waals surface area contributed by atoms with Crippen molar-refractivity contribution in [2.75, 3.05) is 11.9 Å². The predicted molar refractivity (Wildman–Crippen MR) is 73.4 cm³/mol. The number of hydrogen-bond acceptors (Lipinski definition) is 2. The lowest BCUT2D eigenvalue weighted by Gasteiger charge is -2.29. The highest BCUT2D eigenvalue weighted by Gasteiger charge is 2.41. The fourth-order valence-corrected chi connectivity index (χ4v) is 2.84. The predicted octanol–water partition coefficient (Wildman–Crippen LogP) is 3.57. The molecule has 0 bridgehead atoms.